The first-order valence-corrected chi connectivity index (χ1v) is 4.35. The molecule has 12 heavy (non-hydrogen) atoms. The van der Waals surface area contributed by atoms with Gasteiger partial charge in [0, 0.05) is 26.3 Å². The lowest BCUT2D eigenvalue weighted by Crippen LogP contribution is -2.32. The van der Waals surface area contributed by atoms with Crippen LogP contribution < -0.4 is 5.32 Å². The molecule has 0 unspecified atom stereocenters. The van der Waals surface area contributed by atoms with Crippen molar-refractivity contribution < 1.29 is 13.9 Å². The van der Waals surface area contributed by atoms with E-state index in [-0.39, 0.29) is 13.0 Å². The molecule has 0 saturated carbocycles. The minimum absolute atomic E-state index is 0.244. The smallest absolute Gasteiger partial charge is 0.169 e. The molecule has 0 heterocycles. The molecular formula is C8H18FNO2. The highest BCUT2D eigenvalue weighted by Crippen LogP contribution is 1.92. The highest BCUT2D eigenvalue weighted by molar-refractivity contribution is 4.50. The first-order valence-electron chi connectivity index (χ1n) is 4.35. The summed E-state index contributed by atoms with van der Waals surface area (Å²) in [7, 11) is 0. The van der Waals surface area contributed by atoms with Gasteiger partial charge in [0.15, 0.2) is 6.29 Å². The van der Waals surface area contributed by atoms with Crippen molar-refractivity contribution >= 4 is 0 Å². The molecule has 0 aromatic heterocycles. The molecule has 0 aromatic carbocycles. The second-order valence-corrected chi connectivity index (χ2v) is 2.23. The number of rotatable bonds is 8. The normalized spacial score (nSPS) is 11.0. The average Bonchev–Trinajstić information content (AvgIpc) is 2.06. The minimum atomic E-state index is -0.356. The summed E-state index contributed by atoms with van der Waals surface area (Å²) in [6.45, 7) is 5.58. The van der Waals surface area contributed by atoms with Gasteiger partial charge in [-0.3, -0.25) is 0 Å². The van der Waals surface area contributed by atoms with Gasteiger partial charge in [-0.25, -0.2) is 4.39 Å². The summed E-state index contributed by atoms with van der Waals surface area (Å²) in [6.07, 6.45) is -0.244. The highest BCUT2D eigenvalue weighted by atomic mass is 19.1. The van der Waals surface area contributed by atoms with Gasteiger partial charge in [-0.1, -0.05) is 0 Å². The van der Waals surface area contributed by atoms with E-state index in [2.05, 4.69) is 5.32 Å². The summed E-state index contributed by atoms with van der Waals surface area (Å²) in [6, 6.07) is 0. The third-order valence-corrected chi connectivity index (χ3v) is 1.29. The van der Waals surface area contributed by atoms with E-state index < -0.39 is 0 Å². The van der Waals surface area contributed by atoms with Crippen molar-refractivity contribution in [1.82, 2.24) is 5.32 Å². The molecule has 0 aliphatic heterocycles. The van der Waals surface area contributed by atoms with Crippen LogP contribution in [0.15, 0.2) is 0 Å². The summed E-state index contributed by atoms with van der Waals surface area (Å²) in [5.74, 6) is 0. The van der Waals surface area contributed by atoms with Gasteiger partial charge in [0.2, 0.25) is 0 Å². The Bertz CT molecular complexity index is 87.1. The summed E-state index contributed by atoms with van der Waals surface area (Å²) in [5, 5.41) is 2.88. The maximum Gasteiger partial charge on any atom is 0.169 e. The van der Waals surface area contributed by atoms with Gasteiger partial charge < -0.3 is 14.8 Å². The first-order chi connectivity index (χ1) is 5.85. The highest BCUT2D eigenvalue weighted by Gasteiger charge is 2.05. The monoisotopic (exact) mass is 179 g/mol. The topological polar surface area (TPSA) is 30.5 Å². The van der Waals surface area contributed by atoms with E-state index in [1.54, 1.807) is 0 Å². The van der Waals surface area contributed by atoms with E-state index >= 15 is 0 Å². The SMILES string of the molecule is CCOC(CNCCF)OCC. The number of ether oxygens (including phenoxy) is 2. The van der Waals surface area contributed by atoms with Crippen LogP contribution in [0.2, 0.25) is 0 Å². The molecule has 0 fully saturated rings. The quantitative estimate of drug-likeness (QED) is 0.444. The number of alkyl halides is 1. The third-order valence-electron chi connectivity index (χ3n) is 1.29. The van der Waals surface area contributed by atoms with E-state index in [0.29, 0.717) is 26.3 Å². The van der Waals surface area contributed by atoms with Crippen LogP contribution in [0.4, 0.5) is 4.39 Å². The second kappa shape index (κ2) is 8.90. The molecule has 0 rings (SSSR count). The Morgan fingerprint density at radius 3 is 2.25 bits per heavy atom. The summed E-state index contributed by atoms with van der Waals surface area (Å²) in [4.78, 5) is 0. The van der Waals surface area contributed by atoms with Crippen LogP contribution in [-0.4, -0.2) is 39.3 Å². The molecule has 0 bridgehead atoms. The molecule has 0 aromatic rings. The first kappa shape index (κ1) is 11.8. The fourth-order valence-electron chi connectivity index (χ4n) is 0.824. The van der Waals surface area contributed by atoms with Crippen molar-refractivity contribution in [3.63, 3.8) is 0 Å². The van der Waals surface area contributed by atoms with Gasteiger partial charge in [-0.05, 0) is 13.8 Å². The van der Waals surface area contributed by atoms with Crippen LogP contribution in [0.25, 0.3) is 0 Å². The van der Waals surface area contributed by atoms with Crippen molar-refractivity contribution in [2.24, 2.45) is 0 Å². The summed E-state index contributed by atoms with van der Waals surface area (Å²) >= 11 is 0. The van der Waals surface area contributed by atoms with Gasteiger partial charge in [-0.15, -0.1) is 0 Å². The lowest BCUT2D eigenvalue weighted by Gasteiger charge is -2.16. The van der Waals surface area contributed by atoms with Crippen LogP contribution in [0.5, 0.6) is 0 Å². The lowest BCUT2D eigenvalue weighted by molar-refractivity contribution is -0.132. The Balaban J connectivity index is 3.34. The molecule has 0 aliphatic carbocycles. The van der Waals surface area contributed by atoms with Gasteiger partial charge in [-0.2, -0.15) is 0 Å². The molecule has 0 aliphatic rings. The number of nitrogens with one attached hydrogen (secondary N) is 1. The predicted molar refractivity (Wildman–Crippen MR) is 45.9 cm³/mol. The molecule has 4 heteroatoms. The van der Waals surface area contributed by atoms with Crippen LogP contribution in [0.1, 0.15) is 13.8 Å². The predicted octanol–water partition coefficient (Wildman–Crippen LogP) is 0.945. The average molecular weight is 179 g/mol. The van der Waals surface area contributed by atoms with Gasteiger partial charge in [0.05, 0.1) is 0 Å². The van der Waals surface area contributed by atoms with Crippen LogP contribution in [-0.2, 0) is 9.47 Å². The van der Waals surface area contributed by atoms with Crippen molar-refractivity contribution in [3.05, 3.63) is 0 Å². The van der Waals surface area contributed by atoms with Crippen molar-refractivity contribution in [3.8, 4) is 0 Å². The van der Waals surface area contributed by atoms with Crippen LogP contribution in [0.3, 0.4) is 0 Å². The van der Waals surface area contributed by atoms with Crippen molar-refractivity contribution in [2.75, 3.05) is 33.0 Å². The zero-order chi connectivity index (χ0) is 9.23. The van der Waals surface area contributed by atoms with E-state index in [9.17, 15) is 4.39 Å². The molecule has 3 nitrogen and oxygen atoms in total. The van der Waals surface area contributed by atoms with Gasteiger partial charge >= 0.3 is 0 Å². The zero-order valence-corrected chi connectivity index (χ0v) is 7.81. The Kier molecular flexibility index (Phi) is 8.76. The van der Waals surface area contributed by atoms with Crippen LogP contribution >= 0.6 is 0 Å². The van der Waals surface area contributed by atoms with Gasteiger partial charge in [0.1, 0.15) is 6.67 Å². The molecular weight excluding hydrogens is 161 g/mol. The fraction of sp³-hybridized carbons (Fsp3) is 1.00. The van der Waals surface area contributed by atoms with E-state index in [1.165, 1.54) is 0 Å². The molecule has 74 valence electrons. The Labute approximate surface area is 73.2 Å². The molecule has 0 saturated heterocycles. The standard InChI is InChI=1S/C8H18FNO2/c1-3-11-8(12-4-2)7-10-6-5-9/h8,10H,3-7H2,1-2H3. The minimum Gasteiger partial charge on any atom is -0.352 e. The van der Waals surface area contributed by atoms with E-state index in [0.717, 1.165) is 0 Å². The van der Waals surface area contributed by atoms with Crippen LogP contribution in [0, 0.1) is 0 Å². The molecule has 0 atom stereocenters. The van der Waals surface area contributed by atoms with Crippen molar-refractivity contribution in [1.29, 1.82) is 0 Å². The number of halogens is 1. The lowest BCUT2D eigenvalue weighted by atomic mass is 10.5. The Morgan fingerprint density at radius 1 is 1.25 bits per heavy atom. The fourth-order valence-corrected chi connectivity index (χ4v) is 0.824. The van der Waals surface area contributed by atoms with Gasteiger partial charge in [0.25, 0.3) is 0 Å². The largest absolute Gasteiger partial charge is 0.352 e. The van der Waals surface area contributed by atoms with E-state index in [4.69, 9.17) is 9.47 Å². The maximum atomic E-state index is 11.7. The van der Waals surface area contributed by atoms with E-state index in [1.807, 2.05) is 13.8 Å². The second-order valence-electron chi connectivity index (χ2n) is 2.23. The molecule has 0 amide bonds. The molecule has 1 N–H and O–H groups in total. The molecule has 0 radical (unpaired) electrons. The summed E-state index contributed by atoms with van der Waals surface area (Å²) < 4.78 is 22.1. The summed E-state index contributed by atoms with van der Waals surface area (Å²) in [5.41, 5.74) is 0. The molecule has 0 spiro atoms. The Hall–Kier alpha value is -0.190. The number of hydrogen-bond donors (Lipinski definition) is 1. The number of hydrogen-bond acceptors (Lipinski definition) is 3. The maximum absolute atomic E-state index is 11.7. The Morgan fingerprint density at radius 2 is 1.83 bits per heavy atom. The third kappa shape index (κ3) is 6.52. The van der Waals surface area contributed by atoms with Crippen molar-refractivity contribution in [2.45, 2.75) is 20.1 Å². The zero-order valence-electron chi connectivity index (χ0n) is 7.81.